The molecule has 21 heavy (non-hydrogen) atoms. The molecule has 0 aliphatic carbocycles. The lowest BCUT2D eigenvalue weighted by molar-refractivity contribution is -0.385. The van der Waals surface area contributed by atoms with E-state index in [1.165, 1.54) is 10.8 Å². The van der Waals surface area contributed by atoms with Crippen LogP contribution >= 0.6 is 0 Å². The highest BCUT2D eigenvalue weighted by Crippen LogP contribution is 2.14. The zero-order valence-electron chi connectivity index (χ0n) is 11.7. The summed E-state index contributed by atoms with van der Waals surface area (Å²) in [4.78, 5) is 22.4. The van der Waals surface area contributed by atoms with Crippen molar-refractivity contribution in [1.82, 2.24) is 4.57 Å². The molecule has 6 nitrogen and oxygen atoms in total. The smallest absolute Gasteiger partial charge is 0.287 e. The number of aromatic nitrogens is 1. The molecule has 0 unspecified atom stereocenters. The largest absolute Gasteiger partial charge is 0.303 e. The average molecular weight is 283 g/mol. The van der Waals surface area contributed by atoms with Crippen LogP contribution in [0.3, 0.4) is 0 Å². The lowest BCUT2D eigenvalue weighted by Gasteiger charge is -2.10. The Hall–Kier alpha value is -2.94. The maximum absolute atomic E-state index is 12.1. The maximum Gasteiger partial charge on any atom is 0.287 e. The highest BCUT2D eigenvalue weighted by Gasteiger charge is 2.14. The van der Waals surface area contributed by atoms with Gasteiger partial charge in [-0.1, -0.05) is 23.8 Å². The molecule has 0 saturated heterocycles. The van der Waals surface area contributed by atoms with Crippen molar-refractivity contribution in [3.63, 3.8) is 0 Å². The Labute approximate surface area is 121 Å². The molecular formula is C15H13N3O3. The van der Waals surface area contributed by atoms with Crippen LogP contribution in [-0.2, 0) is 6.54 Å². The van der Waals surface area contributed by atoms with Crippen molar-refractivity contribution in [3.05, 3.63) is 73.2 Å². The van der Waals surface area contributed by atoms with Gasteiger partial charge in [-0.05, 0) is 25.0 Å². The van der Waals surface area contributed by atoms with Crippen molar-refractivity contribution < 1.29 is 4.92 Å². The molecule has 0 aliphatic heterocycles. The van der Waals surface area contributed by atoms with Gasteiger partial charge < -0.3 is 4.57 Å². The number of rotatable bonds is 3. The Kier molecular flexibility index (Phi) is 3.85. The van der Waals surface area contributed by atoms with Crippen LogP contribution in [0.25, 0.3) is 0 Å². The number of nitriles is 1. The van der Waals surface area contributed by atoms with Crippen LogP contribution < -0.4 is 5.56 Å². The van der Waals surface area contributed by atoms with Gasteiger partial charge in [0, 0.05) is 6.07 Å². The van der Waals surface area contributed by atoms with Gasteiger partial charge in [0.2, 0.25) is 0 Å². The zero-order chi connectivity index (χ0) is 15.6. The van der Waals surface area contributed by atoms with Crippen LogP contribution in [0.4, 0.5) is 5.69 Å². The summed E-state index contributed by atoms with van der Waals surface area (Å²) in [5.41, 5.74) is 1.89. The number of hydrogen-bond donors (Lipinski definition) is 0. The minimum absolute atomic E-state index is 0.197. The summed E-state index contributed by atoms with van der Waals surface area (Å²) >= 11 is 0. The SMILES string of the molecule is Cc1ccc(C)c(Cn2cc([N+](=O)[O-])cc(C#N)c2=O)c1. The number of benzene rings is 1. The molecule has 2 aromatic rings. The van der Waals surface area contributed by atoms with Crippen molar-refractivity contribution in [2.45, 2.75) is 20.4 Å². The number of aryl methyl sites for hydroxylation is 2. The summed E-state index contributed by atoms with van der Waals surface area (Å²) in [7, 11) is 0. The highest BCUT2D eigenvalue weighted by atomic mass is 16.6. The van der Waals surface area contributed by atoms with E-state index in [0.29, 0.717) is 0 Å². The second kappa shape index (κ2) is 5.59. The van der Waals surface area contributed by atoms with E-state index in [-0.39, 0.29) is 17.8 Å². The molecule has 0 N–H and O–H groups in total. The number of nitrogens with zero attached hydrogens (tertiary/aromatic N) is 3. The van der Waals surface area contributed by atoms with Crippen LogP contribution in [0, 0.1) is 35.3 Å². The first kappa shape index (κ1) is 14.5. The predicted octanol–water partition coefficient (Wildman–Crippen LogP) is 2.29. The summed E-state index contributed by atoms with van der Waals surface area (Å²) < 4.78 is 1.21. The molecule has 0 spiro atoms. The van der Waals surface area contributed by atoms with Gasteiger partial charge in [0.15, 0.2) is 0 Å². The summed E-state index contributed by atoms with van der Waals surface area (Å²) in [6, 6.07) is 8.51. The van der Waals surface area contributed by atoms with E-state index in [2.05, 4.69) is 0 Å². The monoisotopic (exact) mass is 283 g/mol. The Morgan fingerprint density at radius 3 is 2.67 bits per heavy atom. The fourth-order valence-corrected chi connectivity index (χ4v) is 2.07. The molecular weight excluding hydrogens is 270 g/mol. The summed E-state index contributed by atoms with van der Waals surface area (Å²) in [5, 5.41) is 19.8. The molecule has 0 radical (unpaired) electrons. The molecule has 0 fully saturated rings. The van der Waals surface area contributed by atoms with Gasteiger partial charge in [-0.3, -0.25) is 14.9 Å². The van der Waals surface area contributed by atoms with Crippen molar-refractivity contribution in [2.75, 3.05) is 0 Å². The summed E-state index contributed by atoms with van der Waals surface area (Å²) in [5.74, 6) is 0. The van der Waals surface area contributed by atoms with Crippen molar-refractivity contribution in [1.29, 1.82) is 5.26 Å². The maximum atomic E-state index is 12.1. The molecule has 0 atom stereocenters. The molecule has 0 aliphatic rings. The van der Waals surface area contributed by atoms with E-state index in [1.54, 1.807) is 6.07 Å². The first-order chi connectivity index (χ1) is 9.92. The van der Waals surface area contributed by atoms with E-state index in [0.717, 1.165) is 22.8 Å². The molecule has 0 amide bonds. The van der Waals surface area contributed by atoms with Crippen molar-refractivity contribution in [3.8, 4) is 6.07 Å². The summed E-state index contributed by atoms with van der Waals surface area (Å²) in [6.45, 7) is 4.03. The van der Waals surface area contributed by atoms with Crippen LogP contribution in [0.15, 0.2) is 35.3 Å². The Balaban J connectivity index is 2.56. The second-order valence-corrected chi connectivity index (χ2v) is 4.84. The molecule has 0 bridgehead atoms. The van der Waals surface area contributed by atoms with Gasteiger partial charge in [0.1, 0.15) is 11.6 Å². The third kappa shape index (κ3) is 2.98. The van der Waals surface area contributed by atoms with Gasteiger partial charge in [-0.2, -0.15) is 5.26 Å². The highest BCUT2D eigenvalue weighted by molar-refractivity contribution is 5.38. The van der Waals surface area contributed by atoms with Crippen molar-refractivity contribution >= 4 is 5.69 Å². The lowest BCUT2D eigenvalue weighted by atomic mass is 10.1. The second-order valence-electron chi connectivity index (χ2n) is 4.84. The number of hydrogen-bond acceptors (Lipinski definition) is 4. The van der Waals surface area contributed by atoms with E-state index in [9.17, 15) is 14.9 Å². The van der Waals surface area contributed by atoms with E-state index in [1.807, 2.05) is 32.0 Å². The van der Waals surface area contributed by atoms with E-state index in [4.69, 9.17) is 5.26 Å². The number of nitro groups is 1. The standard InChI is InChI=1S/C15H13N3O3/c1-10-3-4-11(2)13(5-10)8-17-9-14(18(20)21)6-12(7-16)15(17)19/h3-6,9H,8H2,1-2H3. The Morgan fingerprint density at radius 2 is 2.05 bits per heavy atom. The Morgan fingerprint density at radius 1 is 1.33 bits per heavy atom. The molecule has 6 heteroatoms. The van der Waals surface area contributed by atoms with Crippen LogP contribution in [-0.4, -0.2) is 9.49 Å². The van der Waals surface area contributed by atoms with Gasteiger partial charge in [0.05, 0.1) is 17.7 Å². The number of pyridine rings is 1. The van der Waals surface area contributed by atoms with Gasteiger partial charge >= 0.3 is 0 Å². The van der Waals surface area contributed by atoms with E-state index >= 15 is 0 Å². The third-order valence-corrected chi connectivity index (χ3v) is 3.25. The third-order valence-electron chi connectivity index (χ3n) is 3.25. The molecule has 1 aromatic carbocycles. The molecule has 1 aromatic heterocycles. The lowest BCUT2D eigenvalue weighted by Crippen LogP contribution is -2.23. The predicted molar refractivity (Wildman–Crippen MR) is 77.1 cm³/mol. The molecule has 2 rings (SSSR count). The van der Waals surface area contributed by atoms with Crippen LogP contribution in [0.2, 0.25) is 0 Å². The summed E-state index contributed by atoms with van der Waals surface area (Å²) in [6.07, 6.45) is 1.17. The molecule has 106 valence electrons. The normalized spacial score (nSPS) is 10.1. The first-order valence-corrected chi connectivity index (χ1v) is 6.27. The molecule has 0 saturated carbocycles. The van der Waals surface area contributed by atoms with Crippen molar-refractivity contribution in [2.24, 2.45) is 0 Å². The average Bonchev–Trinajstić information content (AvgIpc) is 2.44. The minimum atomic E-state index is -0.611. The van der Waals surface area contributed by atoms with Gasteiger partial charge in [-0.25, -0.2) is 0 Å². The minimum Gasteiger partial charge on any atom is -0.303 e. The fourth-order valence-electron chi connectivity index (χ4n) is 2.07. The van der Waals surface area contributed by atoms with Gasteiger partial charge in [0.25, 0.3) is 11.2 Å². The first-order valence-electron chi connectivity index (χ1n) is 6.27. The Bertz CT molecular complexity index is 816. The van der Waals surface area contributed by atoms with Gasteiger partial charge in [-0.15, -0.1) is 0 Å². The quantitative estimate of drug-likeness (QED) is 0.638. The zero-order valence-corrected chi connectivity index (χ0v) is 11.7. The fraction of sp³-hybridized carbons (Fsp3) is 0.200. The molecule has 1 heterocycles. The van der Waals surface area contributed by atoms with E-state index < -0.39 is 10.5 Å². The van der Waals surface area contributed by atoms with Crippen LogP contribution in [0.1, 0.15) is 22.3 Å². The topological polar surface area (TPSA) is 88.9 Å². The van der Waals surface area contributed by atoms with Crippen LogP contribution in [0.5, 0.6) is 0 Å².